The predicted molar refractivity (Wildman–Crippen MR) is 109 cm³/mol. The lowest BCUT2D eigenvalue weighted by atomic mass is 10.1. The number of rotatable bonds is 5. The Balaban J connectivity index is 1.73. The van der Waals surface area contributed by atoms with E-state index in [4.69, 9.17) is 4.74 Å². The van der Waals surface area contributed by atoms with Crippen LogP contribution >= 0.6 is 0 Å². The lowest BCUT2D eigenvalue weighted by molar-refractivity contribution is 0.351. The Bertz CT molecular complexity index is 1300. The van der Waals surface area contributed by atoms with Crippen molar-refractivity contribution in [2.75, 3.05) is 11.8 Å². The molecule has 0 aliphatic heterocycles. The van der Waals surface area contributed by atoms with Gasteiger partial charge in [0.05, 0.1) is 23.0 Å². The molecule has 0 aliphatic carbocycles. The molecule has 0 atom stereocenters. The van der Waals surface area contributed by atoms with Crippen LogP contribution in [0, 0.1) is 0 Å². The molecule has 0 unspecified atom stereocenters. The third-order valence-electron chi connectivity index (χ3n) is 4.34. The summed E-state index contributed by atoms with van der Waals surface area (Å²) in [5.74, 6) is -0.238. The van der Waals surface area contributed by atoms with E-state index in [-0.39, 0.29) is 22.1 Å². The van der Waals surface area contributed by atoms with Crippen LogP contribution in [0.15, 0.2) is 65.6 Å². The number of aromatic nitrogens is 2. The van der Waals surface area contributed by atoms with Crippen molar-refractivity contribution in [3.63, 3.8) is 0 Å². The Labute approximate surface area is 166 Å². The first-order chi connectivity index (χ1) is 13.9. The number of phenolic OH excluding ortho intramolecular Hbond substituents is 2. The standard InChI is InChI=1S/C20H17N3O5S/c1-28-18-10-12(9-17(24)19(18)25)20-21-15-8-7-14(11-16(15)22-20)29(26,27)23-13-5-3-2-4-6-13/h2-11,23-25H,1H3,(H,21,22). The number of fused-ring (bicyclic) bond motifs is 1. The summed E-state index contributed by atoms with van der Waals surface area (Å²) in [5.41, 5.74) is 1.98. The van der Waals surface area contributed by atoms with Gasteiger partial charge in [-0.15, -0.1) is 0 Å². The minimum absolute atomic E-state index is 0.0789. The summed E-state index contributed by atoms with van der Waals surface area (Å²) in [5, 5.41) is 19.7. The number of methoxy groups -OCH3 is 1. The number of para-hydroxylation sites is 1. The maximum Gasteiger partial charge on any atom is 0.261 e. The zero-order valence-corrected chi connectivity index (χ0v) is 16.1. The molecule has 0 bridgehead atoms. The van der Waals surface area contributed by atoms with Gasteiger partial charge in [-0.05, 0) is 42.5 Å². The van der Waals surface area contributed by atoms with Crippen LogP contribution in [0.5, 0.6) is 17.2 Å². The Morgan fingerprint density at radius 2 is 1.79 bits per heavy atom. The topological polar surface area (TPSA) is 125 Å². The average Bonchev–Trinajstić information content (AvgIpc) is 3.14. The van der Waals surface area contributed by atoms with Crippen molar-refractivity contribution < 1.29 is 23.4 Å². The molecule has 0 saturated heterocycles. The first-order valence-corrected chi connectivity index (χ1v) is 10.0. The number of aromatic amines is 1. The normalized spacial score (nSPS) is 11.5. The van der Waals surface area contributed by atoms with Crippen LogP contribution in [-0.2, 0) is 10.0 Å². The Morgan fingerprint density at radius 1 is 1.03 bits per heavy atom. The first kappa shape index (κ1) is 18.6. The molecule has 1 heterocycles. The van der Waals surface area contributed by atoms with Crippen LogP contribution in [0.2, 0.25) is 0 Å². The van der Waals surface area contributed by atoms with Crippen molar-refractivity contribution >= 4 is 26.7 Å². The van der Waals surface area contributed by atoms with Crippen molar-refractivity contribution in [3.05, 3.63) is 60.7 Å². The van der Waals surface area contributed by atoms with E-state index in [9.17, 15) is 18.6 Å². The second kappa shape index (κ2) is 7.02. The van der Waals surface area contributed by atoms with Gasteiger partial charge in [0.1, 0.15) is 5.82 Å². The van der Waals surface area contributed by atoms with E-state index in [1.54, 1.807) is 36.4 Å². The van der Waals surface area contributed by atoms with Gasteiger partial charge in [-0.2, -0.15) is 0 Å². The Morgan fingerprint density at radius 3 is 2.52 bits per heavy atom. The molecule has 0 fully saturated rings. The van der Waals surface area contributed by atoms with Gasteiger partial charge in [-0.25, -0.2) is 13.4 Å². The van der Waals surface area contributed by atoms with Gasteiger partial charge in [0.2, 0.25) is 5.75 Å². The molecule has 0 radical (unpaired) electrons. The number of ether oxygens (including phenoxy) is 1. The van der Waals surface area contributed by atoms with Gasteiger partial charge in [-0.3, -0.25) is 4.72 Å². The number of benzene rings is 3. The van der Waals surface area contributed by atoms with E-state index >= 15 is 0 Å². The molecule has 4 aromatic rings. The maximum absolute atomic E-state index is 12.7. The fourth-order valence-corrected chi connectivity index (χ4v) is 3.98. The summed E-state index contributed by atoms with van der Waals surface area (Å²) in [6, 6.07) is 16.0. The van der Waals surface area contributed by atoms with E-state index in [1.165, 1.54) is 31.4 Å². The first-order valence-electron chi connectivity index (χ1n) is 8.55. The van der Waals surface area contributed by atoms with E-state index in [0.29, 0.717) is 28.1 Å². The van der Waals surface area contributed by atoms with Gasteiger partial charge in [0.25, 0.3) is 10.0 Å². The highest BCUT2D eigenvalue weighted by molar-refractivity contribution is 7.92. The number of hydrogen-bond acceptors (Lipinski definition) is 6. The Hall–Kier alpha value is -3.72. The van der Waals surface area contributed by atoms with Crippen molar-refractivity contribution in [3.8, 4) is 28.6 Å². The molecule has 4 rings (SSSR count). The predicted octanol–water partition coefficient (Wildman–Crippen LogP) is 3.45. The number of sulfonamides is 1. The molecule has 0 spiro atoms. The fourth-order valence-electron chi connectivity index (χ4n) is 2.90. The fraction of sp³-hybridized carbons (Fsp3) is 0.0500. The summed E-state index contributed by atoms with van der Waals surface area (Å²) in [6.07, 6.45) is 0. The second-order valence-electron chi connectivity index (χ2n) is 6.28. The molecule has 3 aromatic carbocycles. The number of phenols is 2. The number of H-pyrrole nitrogens is 1. The second-order valence-corrected chi connectivity index (χ2v) is 7.96. The van der Waals surface area contributed by atoms with Crippen molar-refractivity contribution in [1.82, 2.24) is 9.97 Å². The van der Waals surface area contributed by atoms with Crippen LogP contribution < -0.4 is 9.46 Å². The van der Waals surface area contributed by atoms with E-state index in [0.717, 1.165) is 0 Å². The number of anilines is 1. The molecule has 8 nitrogen and oxygen atoms in total. The van der Waals surface area contributed by atoms with Crippen LogP contribution in [0.25, 0.3) is 22.4 Å². The molecule has 148 valence electrons. The van der Waals surface area contributed by atoms with Crippen LogP contribution in [0.4, 0.5) is 5.69 Å². The van der Waals surface area contributed by atoms with Crippen molar-refractivity contribution in [2.45, 2.75) is 4.90 Å². The summed E-state index contributed by atoms with van der Waals surface area (Å²) < 4.78 is 32.9. The largest absolute Gasteiger partial charge is 0.504 e. The van der Waals surface area contributed by atoms with E-state index < -0.39 is 10.0 Å². The number of hydrogen-bond donors (Lipinski definition) is 4. The molecule has 0 amide bonds. The molecular formula is C20H17N3O5S. The smallest absolute Gasteiger partial charge is 0.261 e. The van der Waals surface area contributed by atoms with Crippen molar-refractivity contribution in [1.29, 1.82) is 0 Å². The summed E-state index contributed by atoms with van der Waals surface area (Å²) in [4.78, 5) is 7.53. The van der Waals surface area contributed by atoms with Gasteiger partial charge in [0, 0.05) is 11.3 Å². The number of nitrogens with zero attached hydrogens (tertiary/aromatic N) is 1. The van der Waals surface area contributed by atoms with Crippen molar-refractivity contribution in [2.24, 2.45) is 0 Å². The third kappa shape index (κ3) is 3.55. The minimum Gasteiger partial charge on any atom is -0.504 e. The zero-order chi connectivity index (χ0) is 20.6. The van der Waals surface area contributed by atoms with Gasteiger partial charge in [0.15, 0.2) is 11.5 Å². The van der Waals surface area contributed by atoms with Gasteiger partial charge < -0.3 is 19.9 Å². The minimum atomic E-state index is -3.77. The highest BCUT2D eigenvalue weighted by atomic mass is 32.2. The monoisotopic (exact) mass is 411 g/mol. The van der Waals surface area contributed by atoms with E-state index in [1.807, 2.05) is 0 Å². The number of aromatic hydroxyl groups is 2. The highest BCUT2D eigenvalue weighted by Gasteiger charge is 2.17. The summed E-state index contributed by atoms with van der Waals surface area (Å²) in [7, 11) is -2.41. The molecule has 29 heavy (non-hydrogen) atoms. The maximum atomic E-state index is 12.7. The highest BCUT2D eigenvalue weighted by Crippen LogP contribution is 2.39. The SMILES string of the molecule is COc1cc(-c2nc3ccc(S(=O)(=O)Nc4ccccc4)cc3[nH]2)cc(O)c1O. The Kier molecular flexibility index (Phi) is 4.51. The number of nitrogens with one attached hydrogen (secondary N) is 2. The third-order valence-corrected chi connectivity index (χ3v) is 5.72. The van der Waals surface area contributed by atoms with Crippen LogP contribution in [0.3, 0.4) is 0 Å². The summed E-state index contributed by atoms with van der Waals surface area (Å²) in [6.45, 7) is 0. The quantitative estimate of drug-likeness (QED) is 0.373. The zero-order valence-electron chi connectivity index (χ0n) is 15.2. The molecule has 0 aliphatic rings. The molecule has 0 saturated carbocycles. The van der Waals surface area contributed by atoms with Gasteiger partial charge in [-0.1, -0.05) is 18.2 Å². The number of imidazole rings is 1. The lowest BCUT2D eigenvalue weighted by Crippen LogP contribution is -2.12. The molecular weight excluding hydrogens is 394 g/mol. The lowest BCUT2D eigenvalue weighted by Gasteiger charge is -2.07. The molecule has 4 N–H and O–H groups in total. The van der Waals surface area contributed by atoms with E-state index in [2.05, 4.69) is 14.7 Å². The van der Waals surface area contributed by atoms with Crippen LogP contribution in [-0.4, -0.2) is 35.7 Å². The van der Waals surface area contributed by atoms with Gasteiger partial charge >= 0.3 is 0 Å². The molecule has 9 heteroatoms. The molecule has 1 aromatic heterocycles. The van der Waals surface area contributed by atoms with Crippen LogP contribution in [0.1, 0.15) is 0 Å². The average molecular weight is 411 g/mol. The summed E-state index contributed by atoms with van der Waals surface area (Å²) >= 11 is 0.